The Morgan fingerprint density at radius 2 is 1.75 bits per heavy atom. The molecule has 104 valence electrons. The van der Waals surface area contributed by atoms with E-state index in [4.69, 9.17) is 5.73 Å². The monoisotopic (exact) mass is 266 g/mol. The zero-order valence-corrected chi connectivity index (χ0v) is 12.2. The molecule has 2 heteroatoms. The number of aryl methyl sites for hydroxylation is 2. The molecule has 0 saturated carbocycles. The zero-order valence-electron chi connectivity index (χ0n) is 12.2. The Morgan fingerprint density at radius 1 is 1.05 bits per heavy atom. The molecule has 2 aromatic rings. The molecule has 0 aromatic heterocycles. The van der Waals surface area contributed by atoms with Crippen molar-refractivity contribution in [1.29, 1.82) is 0 Å². The third kappa shape index (κ3) is 2.49. The van der Waals surface area contributed by atoms with Crippen molar-refractivity contribution < 1.29 is 0 Å². The standard InChI is InChI=1S/C18H22N2/c1-13-8-9-17(14(2)10-13)18(20-11-16(19)12-20)15-6-4-3-5-7-15/h3-10,16,18H,11-12,19H2,1-2H3. The summed E-state index contributed by atoms with van der Waals surface area (Å²) in [5, 5.41) is 0. The van der Waals surface area contributed by atoms with Crippen LogP contribution in [-0.4, -0.2) is 24.0 Å². The molecule has 2 aromatic carbocycles. The van der Waals surface area contributed by atoms with Crippen molar-refractivity contribution in [2.75, 3.05) is 13.1 Å². The highest BCUT2D eigenvalue weighted by Crippen LogP contribution is 2.33. The lowest BCUT2D eigenvalue weighted by Gasteiger charge is -2.43. The van der Waals surface area contributed by atoms with Gasteiger partial charge in [0.2, 0.25) is 0 Å². The van der Waals surface area contributed by atoms with Crippen molar-refractivity contribution in [2.45, 2.75) is 25.9 Å². The molecule has 1 unspecified atom stereocenters. The smallest absolute Gasteiger partial charge is 0.0605 e. The van der Waals surface area contributed by atoms with Crippen LogP contribution in [0.15, 0.2) is 48.5 Å². The molecule has 1 heterocycles. The second kappa shape index (κ2) is 5.39. The topological polar surface area (TPSA) is 29.3 Å². The Morgan fingerprint density at radius 3 is 2.35 bits per heavy atom. The van der Waals surface area contributed by atoms with Crippen molar-refractivity contribution in [2.24, 2.45) is 5.73 Å². The molecule has 0 bridgehead atoms. The molecule has 3 rings (SSSR count). The maximum absolute atomic E-state index is 5.98. The normalized spacial score (nSPS) is 17.8. The van der Waals surface area contributed by atoms with Gasteiger partial charge in [-0.05, 0) is 30.5 Å². The van der Waals surface area contributed by atoms with Crippen LogP contribution in [0, 0.1) is 13.8 Å². The first-order chi connectivity index (χ1) is 9.65. The van der Waals surface area contributed by atoms with E-state index in [0.717, 1.165) is 13.1 Å². The highest BCUT2D eigenvalue weighted by Gasteiger charge is 2.32. The van der Waals surface area contributed by atoms with Gasteiger partial charge in [-0.1, -0.05) is 54.1 Å². The minimum atomic E-state index is 0.326. The molecule has 20 heavy (non-hydrogen) atoms. The van der Waals surface area contributed by atoms with Crippen LogP contribution in [0.3, 0.4) is 0 Å². The lowest BCUT2D eigenvalue weighted by Crippen LogP contribution is -2.56. The van der Waals surface area contributed by atoms with E-state index in [9.17, 15) is 0 Å². The first-order valence-electron chi connectivity index (χ1n) is 7.27. The fourth-order valence-electron chi connectivity index (χ4n) is 3.11. The summed E-state index contributed by atoms with van der Waals surface area (Å²) in [4.78, 5) is 2.47. The predicted molar refractivity (Wildman–Crippen MR) is 83.7 cm³/mol. The maximum Gasteiger partial charge on any atom is 0.0605 e. The van der Waals surface area contributed by atoms with E-state index in [1.54, 1.807) is 0 Å². The Kier molecular flexibility index (Phi) is 3.60. The van der Waals surface area contributed by atoms with Crippen LogP contribution >= 0.6 is 0 Å². The SMILES string of the molecule is Cc1ccc(C(c2ccccc2)N2CC(N)C2)c(C)c1. The van der Waals surface area contributed by atoms with E-state index in [0.29, 0.717) is 12.1 Å². The van der Waals surface area contributed by atoms with Crippen LogP contribution in [0.2, 0.25) is 0 Å². The average Bonchev–Trinajstić information content (AvgIpc) is 2.40. The number of likely N-dealkylation sites (tertiary alicyclic amines) is 1. The highest BCUT2D eigenvalue weighted by molar-refractivity contribution is 5.39. The summed E-state index contributed by atoms with van der Waals surface area (Å²) >= 11 is 0. The van der Waals surface area contributed by atoms with Crippen LogP contribution in [0.5, 0.6) is 0 Å². The Hall–Kier alpha value is -1.64. The summed E-state index contributed by atoms with van der Waals surface area (Å²) in [5.41, 5.74) is 11.4. The maximum atomic E-state index is 5.98. The summed E-state index contributed by atoms with van der Waals surface area (Å²) in [6.07, 6.45) is 0. The molecule has 2 N–H and O–H groups in total. The second-order valence-electron chi connectivity index (χ2n) is 5.89. The van der Waals surface area contributed by atoms with Crippen LogP contribution in [0.25, 0.3) is 0 Å². The molecule has 1 aliphatic heterocycles. The number of rotatable bonds is 3. The first kappa shape index (κ1) is 13.3. The molecule has 1 aliphatic rings. The molecule has 0 amide bonds. The third-order valence-corrected chi connectivity index (χ3v) is 4.14. The van der Waals surface area contributed by atoms with Gasteiger partial charge in [-0.2, -0.15) is 0 Å². The van der Waals surface area contributed by atoms with Gasteiger partial charge in [0.25, 0.3) is 0 Å². The number of hydrogen-bond acceptors (Lipinski definition) is 2. The van der Waals surface area contributed by atoms with Gasteiger partial charge in [0.05, 0.1) is 6.04 Å². The molecular weight excluding hydrogens is 244 g/mol. The molecule has 0 spiro atoms. The van der Waals surface area contributed by atoms with Crippen LogP contribution in [0.1, 0.15) is 28.3 Å². The van der Waals surface area contributed by atoms with Crippen LogP contribution < -0.4 is 5.73 Å². The van der Waals surface area contributed by atoms with E-state index in [2.05, 4.69) is 67.3 Å². The summed E-state index contributed by atoms with van der Waals surface area (Å²) in [5.74, 6) is 0. The van der Waals surface area contributed by atoms with E-state index in [-0.39, 0.29) is 0 Å². The number of nitrogens with zero attached hydrogens (tertiary/aromatic N) is 1. The van der Waals surface area contributed by atoms with Gasteiger partial charge in [-0.3, -0.25) is 4.90 Å². The Bertz CT molecular complexity index is 586. The van der Waals surface area contributed by atoms with Gasteiger partial charge in [0, 0.05) is 19.1 Å². The van der Waals surface area contributed by atoms with Gasteiger partial charge < -0.3 is 5.73 Å². The van der Waals surface area contributed by atoms with E-state index in [1.807, 2.05) is 0 Å². The van der Waals surface area contributed by atoms with Gasteiger partial charge in [-0.25, -0.2) is 0 Å². The van der Waals surface area contributed by atoms with Gasteiger partial charge in [-0.15, -0.1) is 0 Å². The summed E-state index contributed by atoms with van der Waals surface area (Å²) in [7, 11) is 0. The summed E-state index contributed by atoms with van der Waals surface area (Å²) in [6.45, 7) is 6.31. The third-order valence-electron chi connectivity index (χ3n) is 4.14. The van der Waals surface area contributed by atoms with E-state index in [1.165, 1.54) is 22.3 Å². The molecule has 0 aliphatic carbocycles. The first-order valence-corrected chi connectivity index (χ1v) is 7.27. The molecule has 1 atom stereocenters. The van der Waals surface area contributed by atoms with Crippen LogP contribution in [-0.2, 0) is 0 Å². The Balaban J connectivity index is 2.01. The molecule has 0 radical (unpaired) electrons. The fourth-order valence-corrected chi connectivity index (χ4v) is 3.11. The second-order valence-corrected chi connectivity index (χ2v) is 5.89. The van der Waals surface area contributed by atoms with Crippen molar-refractivity contribution >= 4 is 0 Å². The largest absolute Gasteiger partial charge is 0.325 e. The number of nitrogens with two attached hydrogens (primary N) is 1. The minimum Gasteiger partial charge on any atom is -0.325 e. The van der Waals surface area contributed by atoms with Crippen molar-refractivity contribution in [3.8, 4) is 0 Å². The van der Waals surface area contributed by atoms with E-state index < -0.39 is 0 Å². The predicted octanol–water partition coefficient (Wildman–Crippen LogP) is 3.04. The number of benzene rings is 2. The molecule has 1 saturated heterocycles. The minimum absolute atomic E-state index is 0.326. The van der Waals surface area contributed by atoms with Gasteiger partial charge in [0.1, 0.15) is 0 Å². The number of hydrogen-bond donors (Lipinski definition) is 1. The molecule has 1 fully saturated rings. The van der Waals surface area contributed by atoms with Crippen molar-refractivity contribution in [1.82, 2.24) is 4.90 Å². The Labute approximate surface area is 121 Å². The van der Waals surface area contributed by atoms with Crippen molar-refractivity contribution in [3.63, 3.8) is 0 Å². The van der Waals surface area contributed by atoms with E-state index >= 15 is 0 Å². The van der Waals surface area contributed by atoms with Gasteiger partial charge >= 0.3 is 0 Å². The highest BCUT2D eigenvalue weighted by atomic mass is 15.2. The quantitative estimate of drug-likeness (QED) is 0.925. The summed E-state index contributed by atoms with van der Waals surface area (Å²) in [6, 6.07) is 18.1. The fraction of sp³-hybridized carbons (Fsp3) is 0.333. The zero-order chi connectivity index (χ0) is 14.1. The lowest BCUT2D eigenvalue weighted by atomic mass is 9.90. The van der Waals surface area contributed by atoms with Crippen LogP contribution in [0.4, 0.5) is 0 Å². The molecule has 2 nitrogen and oxygen atoms in total. The van der Waals surface area contributed by atoms with Crippen molar-refractivity contribution in [3.05, 3.63) is 70.8 Å². The lowest BCUT2D eigenvalue weighted by molar-refractivity contribution is 0.113. The summed E-state index contributed by atoms with van der Waals surface area (Å²) < 4.78 is 0. The average molecular weight is 266 g/mol. The molecular formula is C18H22N2. The van der Waals surface area contributed by atoms with Gasteiger partial charge in [0.15, 0.2) is 0 Å².